The van der Waals surface area contributed by atoms with Crippen LogP contribution < -0.4 is 10.6 Å². The first-order chi connectivity index (χ1) is 9.10. The topological polar surface area (TPSA) is 29.3 Å². The van der Waals surface area contributed by atoms with Gasteiger partial charge in [0.1, 0.15) is 5.82 Å². The third-order valence-electron chi connectivity index (χ3n) is 2.99. The van der Waals surface area contributed by atoms with Crippen LogP contribution in [0.1, 0.15) is 12.5 Å². The van der Waals surface area contributed by atoms with E-state index in [9.17, 15) is 4.39 Å². The predicted octanol–water partition coefficient (Wildman–Crippen LogP) is 4.09. The van der Waals surface area contributed by atoms with Crippen LogP contribution in [0.25, 0.3) is 0 Å². The van der Waals surface area contributed by atoms with Gasteiger partial charge in [-0.05, 0) is 42.8 Å². The van der Waals surface area contributed by atoms with Crippen molar-refractivity contribution in [1.82, 2.24) is 0 Å². The number of nitrogen functional groups attached to an aromatic ring is 1. The number of rotatable bonds is 4. The minimum atomic E-state index is -0.319. The Labute approximate surface area is 117 Å². The van der Waals surface area contributed by atoms with Gasteiger partial charge < -0.3 is 10.6 Å². The van der Waals surface area contributed by atoms with Gasteiger partial charge in [-0.3, -0.25) is 0 Å². The highest BCUT2D eigenvalue weighted by Gasteiger charge is 2.09. The van der Waals surface area contributed by atoms with Crippen LogP contribution in [-0.2, 0) is 6.54 Å². The van der Waals surface area contributed by atoms with E-state index < -0.39 is 0 Å². The second-order valence-corrected chi connectivity index (χ2v) is 4.75. The van der Waals surface area contributed by atoms with Gasteiger partial charge in [0.15, 0.2) is 0 Å². The van der Waals surface area contributed by atoms with Crippen LogP contribution in [0, 0.1) is 5.82 Å². The van der Waals surface area contributed by atoms with Crippen molar-refractivity contribution in [2.75, 3.05) is 17.2 Å². The Morgan fingerprint density at radius 2 is 2.00 bits per heavy atom. The van der Waals surface area contributed by atoms with E-state index in [1.54, 1.807) is 6.07 Å². The van der Waals surface area contributed by atoms with Crippen LogP contribution in [0.5, 0.6) is 0 Å². The van der Waals surface area contributed by atoms with E-state index in [1.807, 2.05) is 24.3 Å². The smallest absolute Gasteiger partial charge is 0.124 e. The monoisotopic (exact) mass is 278 g/mol. The molecular weight excluding hydrogens is 263 g/mol. The molecule has 0 aliphatic heterocycles. The van der Waals surface area contributed by atoms with Gasteiger partial charge in [0.05, 0.1) is 0 Å². The fraction of sp³-hybridized carbons (Fsp3) is 0.200. The molecule has 0 saturated heterocycles. The molecule has 0 aliphatic carbocycles. The molecule has 100 valence electrons. The lowest BCUT2D eigenvalue weighted by Crippen LogP contribution is -2.22. The summed E-state index contributed by atoms with van der Waals surface area (Å²) in [5.41, 5.74) is 8.44. The summed E-state index contributed by atoms with van der Waals surface area (Å²) in [6, 6.07) is 12.2. The first kappa shape index (κ1) is 13.7. The van der Waals surface area contributed by atoms with E-state index >= 15 is 0 Å². The van der Waals surface area contributed by atoms with Gasteiger partial charge in [-0.1, -0.05) is 23.7 Å². The van der Waals surface area contributed by atoms with Crippen LogP contribution in [0.4, 0.5) is 15.8 Å². The maximum atomic E-state index is 13.0. The lowest BCUT2D eigenvalue weighted by Gasteiger charge is -2.24. The molecule has 2 nitrogen and oxygen atoms in total. The molecule has 4 heteroatoms. The van der Waals surface area contributed by atoms with Gasteiger partial charge in [-0.15, -0.1) is 0 Å². The lowest BCUT2D eigenvalue weighted by molar-refractivity contribution is 0.627. The average molecular weight is 279 g/mol. The van der Waals surface area contributed by atoms with E-state index in [1.165, 1.54) is 12.1 Å². The molecule has 0 unspecified atom stereocenters. The molecule has 0 radical (unpaired) electrons. The molecular formula is C15H16ClFN2. The van der Waals surface area contributed by atoms with Crippen molar-refractivity contribution in [3.8, 4) is 0 Å². The van der Waals surface area contributed by atoms with Gasteiger partial charge in [0.25, 0.3) is 0 Å². The summed E-state index contributed by atoms with van der Waals surface area (Å²) in [5, 5.41) is 0.447. The number of nitrogens with two attached hydrogens (primary N) is 1. The third-order valence-corrected chi connectivity index (χ3v) is 3.35. The van der Waals surface area contributed by atoms with Gasteiger partial charge in [-0.2, -0.15) is 0 Å². The Morgan fingerprint density at radius 1 is 1.21 bits per heavy atom. The van der Waals surface area contributed by atoms with Crippen molar-refractivity contribution in [2.45, 2.75) is 13.5 Å². The number of hydrogen-bond acceptors (Lipinski definition) is 2. The van der Waals surface area contributed by atoms with E-state index in [4.69, 9.17) is 17.3 Å². The minimum Gasteiger partial charge on any atom is -0.399 e. The normalized spacial score (nSPS) is 10.5. The quantitative estimate of drug-likeness (QED) is 0.854. The molecule has 0 fully saturated rings. The Balaban J connectivity index is 2.24. The predicted molar refractivity (Wildman–Crippen MR) is 79.0 cm³/mol. The molecule has 0 bridgehead atoms. The molecule has 2 N–H and O–H groups in total. The molecule has 0 atom stereocenters. The van der Waals surface area contributed by atoms with Crippen LogP contribution in [0.3, 0.4) is 0 Å². The molecule has 2 aromatic carbocycles. The van der Waals surface area contributed by atoms with Crippen LogP contribution in [0.15, 0.2) is 42.5 Å². The molecule has 0 amide bonds. The molecule has 19 heavy (non-hydrogen) atoms. The highest BCUT2D eigenvalue weighted by Crippen LogP contribution is 2.23. The number of halogens is 2. The number of benzene rings is 2. The van der Waals surface area contributed by atoms with Crippen molar-refractivity contribution >= 4 is 23.0 Å². The van der Waals surface area contributed by atoms with Crippen molar-refractivity contribution in [3.05, 3.63) is 58.9 Å². The van der Waals surface area contributed by atoms with Crippen LogP contribution >= 0.6 is 11.6 Å². The van der Waals surface area contributed by atoms with E-state index in [2.05, 4.69) is 11.8 Å². The van der Waals surface area contributed by atoms with E-state index in [0.717, 1.165) is 23.5 Å². The summed E-state index contributed by atoms with van der Waals surface area (Å²) in [6.07, 6.45) is 0. The molecule has 0 saturated carbocycles. The summed E-state index contributed by atoms with van der Waals surface area (Å²) in [5.74, 6) is -0.319. The minimum absolute atomic E-state index is 0.319. The van der Waals surface area contributed by atoms with Gasteiger partial charge in [0.2, 0.25) is 0 Å². The summed E-state index contributed by atoms with van der Waals surface area (Å²) >= 11 is 6.06. The molecule has 0 spiro atoms. The zero-order chi connectivity index (χ0) is 13.8. The van der Waals surface area contributed by atoms with Crippen molar-refractivity contribution in [3.63, 3.8) is 0 Å². The van der Waals surface area contributed by atoms with Gasteiger partial charge in [-0.25, -0.2) is 4.39 Å². The maximum Gasteiger partial charge on any atom is 0.124 e. The largest absolute Gasteiger partial charge is 0.399 e. The molecule has 0 aromatic heterocycles. The second-order valence-electron chi connectivity index (χ2n) is 4.34. The number of anilines is 2. The fourth-order valence-electron chi connectivity index (χ4n) is 1.96. The summed E-state index contributed by atoms with van der Waals surface area (Å²) in [4.78, 5) is 2.13. The lowest BCUT2D eigenvalue weighted by atomic mass is 10.2. The summed E-state index contributed by atoms with van der Waals surface area (Å²) < 4.78 is 13.0. The van der Waals surface area contributed by atoms with E-state index in [-0.39, 0.29) is 5.82 Å². The number of hydrogen-bond donors (Lipinski definition) is 1. The summed E-state index contributed by atoms with van der Waals surface area (Å²) in [7, 11) is 0. The SMILES string of the molecule is CCN(Cc1ccc(F)cc1Cl)c1cccc(N)c1. The standard InChI is InChI=1S/C15H16ClFN2/c1-2-19(14-5-3-4-13(18)9-14)10-11-6-7-12(17)8-15(11)16/h3-9H,2,10,18H2,1H3. The maximum absolute atomic E-state index is 13.0. The third kappa shape index (κ3) is 3.38. The zero-order valence-electron chi connectivity index (χ0n) is 10.7. The molecule has 2 aromatic rings. The zero-order valence-corrected chi connectivity index (χ0v) is 11.5. The van der Waals surface area contributed by atoms with Gasteiger partial charge in [0, 0.05) is 29.5 Å². The van der Waals surface area contributed by atoms with Gasteiger partial charge >= 0.3 is 0 Å². The van der Waals surface area contributed by atoms with E-state index in [0.29, 0.717) is 11.6 Å². The van der Waals surface area contributed by atoms with Crippen molar-refractivity contribution < 1.29 is 4.39 Å². The molecule has 0 heterocycles. The second kappa shape index (κ2) is 5.93. The average Bonchev–Trinajstić information content (AvgIpc) is 2.38. The number of nitrogens with zero attached hydrogens (tertiary/aromatic N) is 1. The molecule has 0 aliphatic rings. The first-order valence-electron chi connectivity index (χ1n) is 6.14. The van der Waals surface area contributed by atoms with Crippen molar-refractivity contribution in [1.29, 1.82) is 0 Å². The highest BCUT2D eigenvalue weighted by atomic mass is 35.5. The Kier molecular flexibility index (Phi) is 4.27. The van der Waals surface area contributed by atoms with Crippen LogP contribution in [-0.4, -0.2) is 6.54 Å². The van der Waals surface area contributed by atoms with Crippen LogP contribution in [0.2, 0.25) is 5.02 Å². The Bertz CT molecular complexity index is 572. The first-order valence-corrected chi connectivity index (χ1v) is 6.52. The molecule has 2 rings (SSSR count). The Morgan fingerprint density at radius 3 is 2.63 bits per heavy atom. The summed E-state index contributed by atoms with van der Waals surface area (Å²) in [6.45, 7) is 3.50. The highest BCUT2D eigenvalue weighted by molar-refractivity contribution is 6.31. The fourth-order valence-corrected chi connectivity index (χ4v) is 2.19. The Hall–Kier alpha value is -1.74. The van der Waals surface area contributed by atoms with Crippen molar-refractivity contribution in [2.24, 2.45) is 0 Å².